The van der Waals surface area contributed by atoms with E-state index in [-0.39, 0.29) is 0 Å². The third-order valence-corrected chi connectivity index (χ3v) is 3.73. The van der Waals surface area contributed by atoms with Crippen LogP contribution >= 0.6 is 15.9 Å². The maximum atomic E-state index is 3.54. The van der Waals surface area contributed by atoms with Crippen LogP contribution in [0.2, 0.25) is 0 Å². The van der Waals surface area contributed by atoms with Crippen LogP contribution in [-0.2, 0) is 6.42 Å². The Kier molecular flexibility index (Phi) is 6.83. The SMILES string of the molecule is Cc1cc(CCCCNCC(C)C)ccc1Br. The predicted octanol–water partition coefficient (Wildman–Crippen LogP) is 4.33. The van der Waals surface area contributed by atoms with Gasteiger partial charge in [0.15, 0.2) is 0 Å². The Morgan fingerprint density at radius 1 is 1.24 bits per heavy atom. The number of benzene rings is 1. The van der Waals surface area contributed by atoms with Crippen LogP contribution in [0, 0.1) is 12.8 Å². The molecule has 0 aliphatic heterocycles. The lowest BCUT2D eigenvalue weighted by Gasteiger charge is -2.07. The number of aryl methyl sites for hydroxylation is 2. The van der Waals surface area contributed by atoms with Gasteiger partial charge < -0.3 is 5.32 Å². The Morgan fingerprint density at radius 2 is 2.00 bits per heavy atom. The van der Waals surface area contributed by atoms with Crippen molar-refractivity contribution in [3.05, 3.63) is 33.8 Å². The fourth-order valence-electron chi connectivity index (χ4n) is 1.83. The highest BCUT2D eigenvalue weighted by Gasteiger charge is 1.98. The topological polar surface area (TPSA) is 12.0 Å². The molecule has 2 heteroatoms. The molecule has 0 aliphatic rings. The number of halogens is 1. The molecule has 17 heavy (non-hydrogen) atoms. The Labute approximate surface area is 114 Å². The molecule has 0 spiro atoms. The first-order valence-electron chi connectivity index (χ1n) is 6.55. The second-order valence-electron chi connectivity index (χ2n) is 5.14. The van der Waals surface area contributed by atoms with E-state index in [2.05, 4.69) is 60.2 Å². The molecule has 0 aromatic heterocycles. The molecule has 0 unspecified atom stereocenters. The molecule has 0 heterocycles. The van der Waals surface area contributed by atoms with E-state index >= 15 is 0 Å². The molecular weight excluding hydrogens is 274 g/mol. The first kappa shape index (κ1) is 14.7. The largest absolute Gasteiger partial charge is 0.316 e. The molecular formula is C15H24BrN. The number of hydrogen-bond donors (Lipinski definition) is 1. The lowest BCUT2D eigenvalue weighted by Crippen LogP contribution is -2.20. The third-order valence-electron chi connectivity index (χ3n) is 2.84. The number of unbranched alkanes of at least 4 members (excludes halogenated alkanes) is 1. The summed E-state index contributed by atoms with van der Waals surface area (Å²) in [5, 5.41) is 3.48. The van der Waals surface area contributed by atoms with E-state index in [4.69, 9.17) is 0 Å². The van der Waals surface area contributed by atoms with Gasteiger partial charge in [-0.15, -0.1) is 0 Å². The maximum absolute atomic E-state index is 3.54. The monoisotopic (exact) mass is 297 g/mol. The summed E-state index contributed by atoms with van der Waals surface area (Å²) in [5.74, 6) is 0.754. The van der Waals surface area contributed by atoms with Crippen molar-refractivity contribution in [2.24, 2.45) is 5.92 Å². The summed E-state index contributed by atoms with van der Waals surface area (Å²) in [4.78, 5) is 0. The lowest BCUT2D eigenvalue weighted by molar-refractivity contribution is 0.535. The normalized spacial score (nSPS) is 11.1. The second-order valence-corrected chi connectivity index (χ2v) is 5.99. The second kappa shape index (κ2) is 7.88. The molecule has 1 aromatic carbocycles. The standard InChI is InChI=1S/C15H24BrN/c1-12(2)11-17-9-5-4-6-14-7-8-15(16)13(3)10-14/h7-8,10,12,17H,4-6,9,11H2,1-3H3. The van der Waals surface area contributed by atoms with Gasteiger partial charge in [-0.25, -0.2) is 0 Å². The van der Waals surface area contributed by atoms with Gasteiger partial charge in [0.1, 0.15) is 0 Å². The average Bonchev–Trinajstić information content (AvgIpc) is 2.27. The summed E-state index contributed by atoms with van der Waals surface area (Å²) >= 11 is 3.54. The number of rotatable bonds is 7. The van der Waals surface area contributed by atoms with Gasteiger partial charge in [0.25, 0.3) is 0 Å². The molecule has 1 N–H and O–H groups in total. The smallest absolute Gasteiger partial charge is 0.0204 e. The molecule has 0 bridgehead atoms. The molecule has 0 saturated heterocycles. The Morgan fingerprint density at radius 3 is 2.65 bits per heavy atom. The Balaban J connectivity index is 2.16. The zero-order valence-corrected chi connectivity index (χ0v) is 12.8. The molecule has 0 fully saturated rings. The van der Waals surface area contributed by atoms with Crippen LogP contribution in [0.1, 0.15) is 37.8 Å². The summed E-state index contributed by atoms with van der Waals surface area (Å²) in [6, 6.07) is 6.66. The van der Waals surface area contributed by atoms with Crippen LogP contribution in [0.15, 0.2) is 22.7 Å². The summed E-state index contributed by atoms with van der Waals surface area (Å²) in [6.07, 6.45) is 3.73. The van der Waals surface area contributed by atoms with Crippen LogP contribution in [0.25, 0.3) is 0 Å². The van der Waals surface area contributed by atoms with Gasteiger partial charge in [0.2, 0.25) is 0 Å². The fraction of sp³-hybridized carbons (Fsp3) is 0.600. The van der Waals surface area contributed by atoms with Crippen LogP contribution < -0.4 is 5.32 Å². The first-order valence-corrected chi connectivity index (χ1v) is 7.34. The van der Waals surface area contributed by atoms with Crippen molar-refractivity contribution in [1.82, 2.24) is 5.32 Å². The molecule has 96 valence electrons. The van der Waals surface area contributed by atoms with Crippen molar-refractivity contribution in [3.63, 3.8) is 0 Å². The zero-order chi connectivity index (χ0) is 12.7. The predicted molar refractivity (Wildman–Crippen MR) is 79.5 cm³/mol. The highest BCUT2D eigenvalue weighted by molar-refractivity contribution is 9.10. The van der Waals surface area contributed by atoms with Crippen molar-refractivity contribution in [2.45, 2.75) is 40.0 Å². The van der Waals surface area contributed by atoms with Crippen molar-refractivity contribution < 1.29 is 0 Å². The van der Waals surface area contributed by atoms with Crippen molar-refractivity contribution in [1.29, 1.82) is 0 Å². The maximum Gasteiger partial charge on any atom is 0.0204 e. The highest BCUT2D eigenvalue weighted by Crippen LogP contribution is 2.18. The lowest BCUT2D eigenvalue weighted by atomic mass is 10.1. The minimum Gasteiger partial charge on any atom is -0.316 e. The molecule has 0 radical (unpaired) electrons. The van der Waals surface area contributed by atoms with Gasteiger partial charge >= 0.3 is 0 Å². The van der Waals surface area contributed by atoms with Crippen LogP contribution in [0.4, 0.5) is 0 Å². The molecule has 0 saturated carbocycles. The van der Waals surface area contributed by atoms with E-state index in [1.54, 1.807) is 0 Å². The average molecular weight is 298 g/mol. The van der Waals surface area contributed by atoms with Crippen molar-refractivity contribution >= 4 is 15.9 Å². The summed E-state index contributed by atoms with van der Waals surface area (Å²) in [7, 11) is 0. The molecule has 0 atom stereocenters. The van der Waals surface area contributed by atoms with Gasteiger partial charge in [0, 0.05) is 4.47 Å². The van der Waals surface area contributed by atoms with Crippen molar-refractivity contribution in [3.8, 4) is 0 Å². The molecule has 0 aliphatic carbocycles. The van der Waals surface area contributed by atoms with Gasteiger partial charge in [-0.3, -0.25) is 0 Å². The Bertz CT molecular complexity index is 334. The van der Waals surface area contributed by atoms with Crippen molar-refractivity contribution in [2.75, 3.05) is 13.1 Å². The molecule has 0 amide bonds. The van der Waals surface area contributed by atoms with E-state index in [9.17, 15) is 0 Å². The quantitative estimate of drug-likeness (QED) is 0.739. The fourth-order valence-corrected chi connectivity index (χ4v) is 2.08. The van der Waals surface area contributed by atoms with E-state index in [0.717, 1.165) is 19.0 Å². The number of hydrogen-bond acceptors (Lipinski definition) is 1. The molecule has 1 rings (SSSR count). The molecule has 1 nitrogen and oxygen atoms in total. The molecule has 1 aromatic rings. The summed E-state index contributed by atoms with van der Waals surface area (Å²) in [5.41, 5.74) is 2.79. The van der Waals surface area contributed by atoms with Gasteiger partial charge in [-0.05, 0) is 62.4 Å². The van der Waals surface area contributed by atoms with Crippen LogP contribution in [0.3, 0.4) is 0 Å². The number of nitrogens with one attached hydrogen (secondary N) is 1. The van der Waals surface area contributed by atoms with E-state index in [1.165, 1.54) is 34.9 Å². The van der Waals surface area contributed by atoms with Gasteiger partial charge in [-0.1, -0.05) is 41.9 Å². The van der Waals surface area contributed by atoms with E-state index < -0.39 is 0 Å². The summed E-state index contributed by atoms with van der Waals surface area (Å²) in [6.45, 7) is 8.93. The van der Waals surface area contributed by atoms with Crippen LogP contribution in [-0.4, -0.2) is 13.1 Å². The minimum atomic E-state index is 0.754. The van der Waals surface area contributed by atoms with E-state index in [1.807, 2.05) is 0 Å². The van der Waals surface area contributed by atoms with E-state index in [0.29, 0.717) is 0 Å². The summed E-state index contributed by atoms with van der Waals surface area (Å²) < 4.78 is 1.21. The van der Waals surface area contributed by atoms with Crippen LogP contribution in [0.5, 0.6) is 0 Å². The zero-order valence-electron chi connectivity index (χ0n) is 11.2. The highest BCUT2D eigenvalue weighted by atomic mass is 79.9. The Hall–Kier alpha value is -0.340. The first-order chi connectivity index (χ1) is 8.09. The van der Waals surface area contributed by atoms with Gasteiger partial charge in [-0.2, -0.15) is 0 Å². The van der Waals surface area contributed by atoms with Gasteiger partial charge in [0.05, 0.1) is 0 Å². The minimum absolute atomic E-state index is 0.754. The third kappa shape index (κ3) is 6.23.